The van der Waals surface area contributed by atoms with E-state index >= 15 is 0 Å². The first-order valence-corrected chi connectivity index (χ1v) is 6.09. The van der Waals surface area contributed by atoms with Crippen molar-refractivity contribution in [3.8, 4) is 0 Å². The lowest BCUT2D eigenvalue weighted by Gasteiger charge is -2.11. The molecular formula is C12H16N2O3S. The molecule has 0 aromatic heterocycles. The van der Waals surface area contributed by atoms with E-state index < -0.39 is 12.0 Å². The van der Waals surface area contributed by atoms with E-state index in [1.807, 2.05) is 0 Å². The number of Topliss-reactive ketones (excluding diaryl/α,β-unsaturated/α-hetero) is 1. The van der Waals surface area contributed by atoms with Crippen molar-refractivity contribution in [2.45, 2.75) is 6.04 Å². The Morgan fingerprint density at radius 3 is 2.39 bits per heavy atom. The Morgan fingerprint density at radius 2 is 1.94 bits per heavy atom. The summed E-state index contributed by atoms with van der Waals surface area (Å²) in [5.41, 5.74) is 1.46. The molecule has 6 heteroatoms. The van der Waals surface area contributed by atoms with Gasteiger partial charge in [0.25, 0.3) is 0 Å². The summed E-state index contributed by atoms with van der Waals surface area (Å²) >= 11 is 3.91. The number of aliphatic carboxylic acids is 1. The summed E-state index contributed by atoms with van der Waals surface area (Å²) in [5, 5.41) is 14.4. The van der Waals surface area contributed by atoms with E-state index in [9.17, 15) is 9.59 Å². The van der Waals surface area contributed by atoms with Crippen LogP contribution >= 0.6 is 12.6 Å². The maximum Gasteiger partial charge on any atom is 0.321 e. The average Bonchev–Trinajstić information content (AvgIpc) is 2.39. The Bertz CT molecular complexity index is 420. The number of anilines is 1. The molecule has 3 N–H and O–H groups in total. The van der Waals surface area contributed by atoms with Gasteiger partial charge in [0.2, 0.25) is 0 Å². The highest BCUT2D eigenvalue weighted by Gasteiger charge is 2.16. The lowest BCUT2D eigenvalue weighted by Crippen LogP contribution is -2.41. The van der Waals surface area contributed by atoms with Gasteiger partial charge < -0.3 is 10.4 Å². The van der Waals surface area contributed by atoms with Crippen LogP contribution < -0.4 is 10.6 Å². The molecule has 0 fully saturated rings. The molecule has 1 aromatic carbocycles. The lowest BCUT2D eigenvalue weighted by molar-refractivity contribution is -0.138. The van der Waals surface area contributed by atoms with E-state index in [4.69, 9.17) is 5.11 Å². The van der Waals surface area contributed by atoms with E-state index in [-0.39, 0.29) is 18.1 Å². The Morgan fingerprint density at radius 1 is 1.33 bits per heavy atom. The number of ketones is 1. The summed E-state index contributed by atoms with van der Waals surface area (Å²) in [5.74, 6) is -1.02. The predicted octanol–water partition coefficient (Wildman–Crippen LogP) is 0.884. The highest BCUT2D eigenvalue weighted by Crippen LogP contribution is 2.08. The second kappa shape index (κ2) is 7.03. The number of carbonyl (C=O) groups is 2. The number of hydrogen-bond acceptors (Lipinski definition) is 5. The van der Waals surface area contributed by atoms with Gasteiger partial charge in [-0.3, -0.25) is 14.9 Å². The van der Waals surface area contributed by atoms with E-state index in [0.717, 1.165) is 5.69 Å². The quantitative estimate of drug-likeness (QED) is 0.436. The van der Waals surface area contributed by atoms with Crippen molar-refractivity contribution in [3.63, 3.8) is 0 Å². The second-order valence-electron chi connectivity index (χ2n) is 3.70. The number of thiol groups is 1. The first-order chi connectivity index (χ1) is 8.58. The number of carboxylic acids is 1. The van der Waals surface area contributed by atoms with Gasteiger partial charge in [-0.25, -0.2) is 0 Å². The van der Waals surface area contributed by atoms with Crippen molar-refractivity contribution in [2.24, 2.45) is 0 Å². The molecule has 0 aliphatic rings. The van der Waals surface area contributed by atoms with Crippen LogP contribution in [0.3, 0.4) is 0 Å². The summed E-state index contributed by atoms with van der Waals surface area (Å²) in [6.07, 6.45) is 0. The van der Waals surface area contributed by atoms with Crippen LogP contribution in [0, 0.1) is 0 Å². The Labute approximate surface area is 111 Å². The molecule has 0 saturated heterocycles. The third kappa shape index (κ3) is 4.05. The molecule has 0 bridgehead atoms. The van der Waals surface area contributed by atoms with Gasteiger partial charge in [-0.05, 0) is 24.3 Å². The van der Waals surface area contributed by atoms with Crippen LogP contribution in [0.25, 0.3) is 0 Å². The van der Waals surface area contributed by atoms with E-state index in [2.05, 4.69) is 23.3 Å². The van der Waals surface area contributed by atoms with Crippen LogP contribution in [0.4, 0.5) is 5.69 Å². The van der Waals surface area contributed by atoms with Gasteiger partial charge in [-0.2, -0.15) is 12.6 Å². The third-order valence-corrected chi connectivity index (χ3v) is 2.85. The van der Waals surface area contributed by atoms with Crippen LogP contribution in [0.5, 0.6) is 0 Å². The SMILES string of the molecule is CNc1ccc(C(=O)CNC(CS)C(=O)O)cc1. The fourth-order valence-corrected chi connectivity index (χ4v) is 1.66. The molecule has 1 aromatic rings. The van der Waals surface area contributed by atoms with Gasteiger partial charge in [-0.1, -0.05) is 0 Å². The molecule has 0 aliphatic heterocycles. The lowest BCUT2D eigenvalue weighted by atomic mass is 10.1. The highest BCUT2D eigenvalue weighted by atomic mass is 32.1. The van der Waals surface area contributed by atoms with Gasteiger partial charge in [-0.15, -0.1) is 0 Å². The molecule has 0 saturated carbocycles. The zero-order valence-electron chi connectivity index (χ0n) is 10.0. The Balaban J connectivity index is 2.56. The van der Waals surface area contributed by atoms with Gasteiger partial charge in [0.15, 0.2) is 5.78 Å². The summed E-state index contributed by atoms with van der Waals surface area (Å²) in [6, 6.07) is 6.17. The molecular weight excluding hydrogens is 252 g/mol. The van der Waals surface area contributed by atoms with Crippen LogP contribution in [-0.2, 0) is 4.79 Å². The van der Waals surface area contributed by atoms with Crippen molar-refractivity contribution in [1.82, 2.24) is 5.32 Å². The molecule has 0 spiro atoms. The van der Waals surface area contributed by atoms with Crippen LogP contribution in [-0.4, -0.2) is 42.2 Å². The van der Waals surface area contributed by atoms with Crippen molar-refractivity contribution in [1.29, 1.82) is 0 Å². The van der Waals surface area contributed by atoms with Gasteiger partial charge in [0, 0.05) is 24.1 Å². The monoisotopic (exact) mass is 268 g/mol. The molecule has 0 amide bonds. The summed E-state index contributed by atoms with van der Waals surface area (Å²) < 4.78 is 0. The summed E-state index contributed by atoms with van der Waals surface area (Å²) in [7, 11) is 1.79. The second-order valence-corrected chi connectivity index (χ2v) is 4.07. The number of carbonyl (C=O) groups excluding carboxylic acids is 1. The molecule has 0 radical (unpaired) electrons. The molecule has 1 unspecified atom stereocenters. The Kier molecular flexibility index (Phi) is 5.67. The van der Waals surface area contributed by atoms with E-state index in [0.29, 0.717) is 5.56 Å². The zero-order chi connectivity index (χ0) is 13.5. The predicted molar refractivity (Wildman–Crippen MR) is 73.6 cm³/mol. The molecule has 1 rings (SSSR count). The molecule has 98 valence electrons. The van der Waals surface area contributed by atoms with Crippen molar-refractivity contribution in [3.05, 3.63) is 29.8 Å². The molecule has 1 atom stereocenters. The maximum absolute atomic E-state index is 11.8. The van der Waals surface area contributed by atoms with Crippen molar-refractivity contribution >= 4 is 30.1 Å². The van der Waals surface area contributed by atoms with Crippen molar-refractivity contribution < 1.29 is 14.7 Å². The number of benzene rings is 1. The normalized spacial score (nSPS) is 11.9. The third-order valence-electron chi connectivity index (χ3n) is 2.49. The topological polar surface area (TPSA) is 78.4 Å². The first kappa shape index (κ1) is 14.5. The van der Waals surface area contributed by atoms with Gasteiger partial charge in [0.1, 0.15) is 6.04 Å². The molecule has 5 nitrogen and oxygen atoms in total. The maximum atomic E-state index is 11.8. The minimum atomic E-state index is -1.01. The summed E-state index contributed by atoms with van der Waals surface area (Å²) in [6.45, 7) is -0.0174. The minimum absolute atomic E-state index is 0.0174. The summed E-state index contributed by atoms with van der Waals surface area (Å²) in [4.78, 5) is 22.5. The average molecular weight is 268 g/mol. The Hall–Kier alpha value is -1.53. The van der Waals surface area contributed by atoms with Crippen molar-refractivity contribution in [2.75, 3.05) is 24.7 Å². The molecule has 0 heterocycles. The largest absolute Gasteiger partial charge is 0.480 e. The number of carboxylic acid groups (broad SMARTS) is 1. The van der Waals surface area contributed by atoms with Crippen LogP contribution in [0.1, 0.15) is 10.4 Å². The fourth-order valence-electron chi connectivity index (χ4n) is 1.37. The number of nitrogens with one attached hydrogen (secondary N) is 2. The smallest absolute Gasteiger partial charge is 0.321 e. The van der Waals surface area contributed by atoms with Crippen LogP contribution in [0.15, 0.2) is 24.3 Å². The number of hydrogen-bond donors (Lipinski definition) is 4. The van der Waals surface area contributed by atoms with Gasteiger partial charge in [0.05, 0.1) is 6.54 Å². The first-order valence-electron chi connectivity index (χ1n) is 5.46. The fraction of sp³-hybridized carbons (Fsp3) is 0.333. The van der Waals surface area contributed by atoms with Crippen LogP contribution in [0.2, 0.25) is 0 Å². The number of rotatable bonds is 7. The van der Waals surface area contributed by atoms with E-state index in [1.54, 1.807) is 31.3 Å². The molecule has 18 heavy (non-hydrogen) atoms. The van der Waals surface area contributed by atoms with E-state index in [1.165, 1.54) is 0 Å². The minimum Gasteiger partial charge on any atom is -0.480 e. The highest BCUT2D eigenvalue weighted by molar-refractivity contribution is 7.80. The zero-order valence-corrected chi connectivity index (χ0v) is 10.9. The molecule has 0 aliphatic carbocycles. The van der Waals surface area contributed by atoms with Gasteiger partial charge >= 0.3 is 5.97 Å². The standard InChI is InChI=1S/C12H16N2O3S/c1-13-9-4-2-8(3-5-9)11(15)6-14-10(7-18)12(16)17/h2-5,10,13-14,18H,6-7H2,1H3,(H,16,17).